The van der Waals surface area contributed by atoms with Crippen LogP contribution in [0.1, 0.15) is 239 Å². The van der Waals surface area contributed by atoms with Crippen LogP contribution in [0.4, 0.5) is 0 Å². The second-order valence-electron chi connectivity index (χ2n) is 14.9. The van der Waals surface area contributed by atoms with Gasteiger partial charge in [-0.2, -0.15) is 11.8 Å². The smallest absolute Gasteiger partial charge is 0.310 e. The quantitative estimate of drug-likeness (QED) is 0.0629. The van der Waals surface area contributed by atoms with Gasteiger partial charge in [-0.05, 0) is 12.8 Å². The minimum atomic E-state index is -0.797. The molecule has 0 heterocycles. The van der Waals surface area contributed by atoms with Crippen molar-refractivity contribution >= 4 is 23.7 Å². The number of hydrogen-bond donors (Lipinski definition) is 2. The highest BCUT2D eigenvalue weighted by Crippen LogP contribution is 2.36. The number of carbonyl (C=O) groups is 2. The molecule has 0 aromatic heterocycles. The maximum atomic E-state index is 12.6. The van der Waals surface area contributed by atoms with E-state index < -0.39 is 17.4 Å². The standard InChI is InChI=1S/C42H82O4S/c1-3-5-7-9-11-13-15-17-19-21-23-25-27-29-31-33-36-42(41(45)46,39-47-38-35-40(43)44)37-34-32-30-28-26-24-22-20-18-16-14-12-10-8-6-4-2/h3-39H2,1-2H3,(H,43,44)(H,45,46). The second-order valence-corrected chi connectivity index (χ2v) is 16.0. The summed E-state index contributed by atoms with van der Waals surface area (Å²) >= 11 is 1.53. The Morgan fingerprint density at radius 1 is 0.426 bits per heavy atom. The molecule has 0 spiro atoms. The van der Waals surface area contributed by atoms with E-state index in [-0.39, 0.29) is 6.42 Å². The lowest BCUT2D eigenvalue weighted by Gasteiger charge is -2.29. The molecule has 5 heteroatoms. The first-order valence-corrected chi connectivity index (χ1v) is 22.2. The molecule has 0 aliphatic rings. The Morgan fingerprint density at radius 2 is 0.681 bits per heavy atom. The zero-order valence-corrected chi connectivity index (χ0v) is 32.6. The molecule has 0 fully saturated rings. The Balaban J connectivity index is 4.09. The van der Waals surface area contributed by atoms with Crippen LogP contribution >= 0.6 is 11.8 Å². The van der Waals surface area contributed by atoms with Crippen molar-refractivity contribution in [3.05, 3.63) is 0 Å². The van der Waals surface area contributed by atoms with Gasteiger partial charge in [0.05, 0.1) is 11.8 Å². The molecule has 0 aromatic rings. The van der Waals surface area contributed by atoms with Gasteiger partial charge in [-0.25, -0.2) is 0 Å². The number of thioether (sulfide) groups is 1. The van der Waals surface area contributed by atoms with E-state index in [0.717, 1.165) is 38.5 Å². The predicted molar refractivity (Wildman–Crippen MR) is 208 cm³/mol. The number of hydrogen-bond acceptors (Lipinski definition) is 3. The van der Waals surface area contributed by atoms with Crippen molar-refractivity contribution in [3.8, 4) is 0 Å². The number of rotatable bonds is 40. The molecule has 0 bridgehead atoms. The molecular formula is C42H82O4S. The Hall–Kier alpha value is -0.710. The third-order valence-corrected chi connectivity index (χ3v) is 11.6. The summed E-state index contributed by atoms with van der Waals surface area (Å²) < 4.78 is 0. The monoisotopic (exact) mass is 683 g/mol. The molecule has 0 aromatic carbocycles. The van der Waals surface area contributed by atoms with Crippen LogP contribution < -0.4 is 0 Å². The lowest BCUT2D eigenvalue weighted by molar-refractivity contribution is -0.148. The fourth-order valence-electron chi connectivity index (χ4n) is 6.99. The maximum Gasteiger partial charge on any atom is 0.310 e. The summed E-state index contributed by atoms with van der Waals surface area (Å²) in [5, 5.41) is 19.4. The molecule has 0 aliphatic carbocycles. The molecule has 2 N–H and O–H groups in total. The average Bonchev–Trinajstić information content (AvgIpc) is 3.05. The van der Waals surface area contributed by atoms with Gasteiger partial charge < -0.3 is 10.2 Å². The van der Waals surface area contributed by atoms with Crippen molar-refractivity contribution in [1.82, 2.24) is 0 Å². The van der Waals surface area contributed by atoms with Crippen LogP contribution in [0.2, 0.25) is 0 Å². The topological polar surface area (TPSA) is 74.6 Å². The molecule has 0 aliphatic heterocycles. The molecule has 280 valence electrons. The number of carboxylic acids is 2. The van der Waals surface area contributed by atoms with E-state index in [1.165, 1.54) is 192 Å². The second kappa shape index (κ2) is 36.6. The van der Waals surface area contributed by atoms with E-state index in [1.54, 1.807) is 0 Å². The predicted octanol–water partition coefficient (Wildman–Crippen LogP) is 14.6. The zero-order valence-electron chi connectivity index (χ0n) is 31.8. The molecule has 0 amide bonds. The molecule has 47 heavy (non-hydrogen) atoms. The normalized spacial score (nSPS) is 11.8. The third-order valence-electron chi connectivity index (χ3n) is 10.3. The van der Waals surface area contributed by atoms with Crippen LogP contribution in [-0.4, -0.2) is 33.7 Å². The molecule has 0 saturated heterocycles. The van der Waals surface area contributed by atoms with Crippen molar-refractivity contribution in [2.75, 3.05) is 11.5 Å². The van der Waals surface area contributed by atoms with Crippen LogP contribution in [0, 0.1) is 5.41 Å². The molecular weight excluding hydrogens is 601 g/mol. The fourth-order valence-corrected chi connectivity index (χ4v) is 8.26. The van der Waals surface area contributed by atoms with Crippen LogP contribution in [-0.2, 0) is 9.59 Å². The number of carboxylic acid groups (broad SMARTS) is 2. The number of unbranched alkanes of at least 4 members (excludes halogenated alkanes) is 30. The highest BCUT2D eigenvalue weighted by atomic mass is 32.2. The van der Waals surface area contributed by atoms with Crippen LogP contribution in [0.3, 0.4) is 0 Å². The first-order valence-electron chi connectivity index (χ1n) is 21.0. The largest absolute Gasteiger partial charge is 0.481 e. The van der Waals surface area contributed by atoms with E-state index in [9.17, 15) is 14.7 Å². The van der Waals surface area contributed by atoms with Crippen molar-refractivity contribution in [3.63, 3.8) is 0 Å². The summed E-state index contributed by atoms with van der Waals surface area (Å²) in [4.78, 5) is 23.6. The van der Waals surface area contributed by atoms with E-state index >= 15 is 0 Å². The summed E-state index contributed by atoms with van der Waals surface area (Å²) in [6.07, 6.45) is 43.9. The van der Waals surface area contributed by atoms with Gasteiger partial charge in [0, 0.05) is 11.5 Å². The first-order chi connectivity index (χ1) is 23.0. The summed E-state index contributed by atoms with van der Waals surface area (Å²) in [6.45, 7) is 4.56. The summed E-state index contributed by atoms with van der Waals surface area (Å²) in [5.74, 6) is -0.411. The van der Waals surface area contributed by atoms with Gasteiger partial charge in [-0.1, -0.05) is 219 Å². The van der Waals surface area contributed by atoms with Gasteiger partial charge in [0.15, 0.2) is 0 Å². The highest BCUT2D eigenvalue weighted by Gasteiger charge is 2.37. The van der Waals surface area contributed by atoms with Gasteiger partial charge >= 0.3 is 11.9 Å². The molecule has 0 saturated carbocycles. The SMILES string of the molecule is CCCCCCCCCCCCCCCCCCC(CCCCCCCCCCCCCCCCCC)(CSCCC(=O)O)C(=O)O. The Labute approximate surface area is 298 Å². The number of aliphatic carboxylic acids is 2. The van der Waals surface area contributed by atoms with Gasteiger partial charge in [-0.3, -0.25) is 9.59 Å². The van der Waals surface area contributed by atoms with Gasteiger partial charge in [0.2, 0.25) is 0 Å². The Bertz CT molecular complexity index is 631. The lowest BCUT2D eigenvalue weighted by atomic mass is 9.79. The van der Waals surface area contributed by atoms with Crippen molar-refractivity contribution < 1.29 is 19.8 Å². The highest BCUT2D eigenvalue weighted by molar-refractivity contribution is 7.99. The van der Waals surface area contributed by atoms with E-state index in [0.29, 0.717) is 11.5 Å². The Kier molecular flexibility index (Phi) is 36.0. The molecule has 0 atom stereocenters. The zero-order chi connectivity index (χ0) is 34.5. The van der Waals surface area contributed by atoms with Gasteiger partial charge in [0.1, 0.15) is 0 Å². The van der Waals surface area contributed by atoms with Gasteiger partial charge in [-0.15, -0.1) is 0 Å². The average molecular weight is 683 g/mol. The summed E-state index contributed by atoms with van der Waals surface area (Å²) in [7, 11) is 0. The molecule has 4 nitrogen and oxygen atoms in total. The maximum absolute atomic E-state index is 12.6. The van der Waals surface area contributed by atoms with Crippen LogP contribution in [0.5, 0.6) is 0 Å². The minimum absolute atomic E-state index is 0.110. The van der Waals surface area contributed by atoms with E-state index in [4.69, 9.17) is 5.11 Å². The minimum Gasteiger partial charge on any atom is -0.481 e. The fraction of sp³-hybridized carbons (Fsp3) is 0.952. The van der Waals surface area contributed by atoms with Gasteiger partial charge in [0.25, 0.3) is 0 Å². The summed E-state index contributed by atoms with van der Waals surface area (Å²) in [5.41, 5.74) is -0.699. The lowest BCUT2D eigenvalue weighted by Crippen LogP contribution is -2.34. The Morgan fingerprint density at radius 3 is 0.915 bits per heavy atom. The van der Waals surface area contributed by atoms with Crippen LogP contribution in [0.15, 0.2) is 0 Å². The van der Waals surface area contributed by atoms with E-state index in [1.807, 2.05) is 0 Å². The van der Waals surface area contributed by atoms with Crippen molar-refractivity contribution in [2.24, 2.45) is 5.41 Å². The summed E-state index contributed by atoms with van der Waals surface area (Å²) in [6, 6.07) is 0. The third kappa shape index (κ3) is 32.3. The molecule has 0 rings (SSSR count). The van der Waals surface area contributed by atoms with Crippen LogP contribution in [0.25, 0.3) is 0 Å². The molecule has 0 unspecified atom stereocenters. The van der Waals surface area contributed by atoms with E-state index in [2.05, 4.69) is 13.8 Å². The molecule has 0 radical (unpaired) electrons. The van der Waals surface area contributed by atoms with Crippen molar-refractivity contribution in [1.29, 1.82) is 0 Å². The first kappa shape index (κ1) is 46.3. The van der Waals surface area contributed by atoms with Crippen molar-refractivity contribution in [2.45, 2.75) is 239 Å².